The van der Waals surface area contributed by atoms with E-state index < -0.39 is 28.5 Å². The summed E-state index contributed by atoms with van der Waals surface area (Å²) in [6.07, 6.45) is 3.39. The molecule has 1 saturated carbocycles. The molecule has 3 aromatic carbocycles. The van der Waals surface area contributed by atoms with Crippen molar-refractivity contribution in [2.24, 2.45) is 0 Å². The molecule has 1 unspecified atom stereocenters. The van der Waals surface area contributed by atoms with Gasteiger partial charge >= 0.3 is 11.9 Å². The zero-order valence-corrected chi connectivity index (χ0v) is 22.5. The minimum atomic E-state index is -2.10. The molecule has 1 amide bonds. The SMILES string of the molecule is CC(C)(CC(O)(C#Cc1ccc(C(=O)O)cc1)C(=O)Nc1ccc2c(c1)C1(CCCC1)OC2=O)c1ccccc1. The normalized spacial score (nSPS) is 16.8. The monoisotopic (exact) mass is 537 g/mol. The van der Waals surface area contributed by atoms with Gasteiger partial charge in [0.2, 0.25) is 5.60 Å². The molecule has 1 atom stereocenters. The van der Waals surface area contributed by atoms with Gasteiger partial charge in [-0.2, -0.15) is 0 Å². The van der Waals surface area contributed by atoms with Crippen LogP contribution in [-0.4, -0.2) is 33.7 Å². The smallest absolute Gasteiger partial charge is 0.339 e. The molecule has 1 aliphatic carbocycles. The van der Waals surface area contributed by atoms with E-state index >= 15 is 0 Å². The third kappa shape index (κ3) is 5.23. The van der Waals surface area contributed by atoms with Crippen molar-refractivity contribution in [3.05, 3.63) is 101 Å². The lowest BCUT2D eigenvalue weighted by Gasteiger charge is -2.32. The maximum absolute atomic E-state index is 13.7. The Kier molecular flexibility index (Phi) is 6.99. The summed E-state index contributed by atoms with van der Waals surface area (Å²) in [5, 5.41) is 23.8. The second kappa shape index (κ2) is 10.3. The molecule has 3 aromatic rings. The molecular weight excluding hydrogens is 506 g/mol. The van der Waals surface area contributed by atoms with Crippen LogP contribution in [0, 0.1) is 11.8 Å². The van der Waals surface area contributed by atoms with Crippen LogP contribution in [0.1, 0.15) is 83.4 Å². The molecule has 0 saturated heterocycles. The summed E-state index contributed by atoms with van der Waals surface area (Å²) in [7, 11) is 0. The van der Waals surface area contributed by atoms with E-state index in [9.17, 15) is 19.5 Å². The Morgan fingerprint density at radius 3 is 2.33 bits per heavy atom. The van der Waals surface area contributed by atoms with Crippen molar-refractivity contribution >= 4 is 23.5 Å². The number of esters is 1. The highest BCUT2D eigenvalue weighted by Crippen LogP contribution is 2.48. The number of fused-ring (bicyclic) bond motifs is 2. The number of hydrogen-bond acceptors (Lipinski definition) is 5. The Morgan fingerprint density at radius 1 is 1.00 bits per heavy atom. The van der Waals surface area contributed by atoms with Crippen molar-refractivity contribution in [3.8, 4) is 11.8 Å². The number of rotatable bonds is 6. The fourth-order valence-corrected chi connectivity index (χ4v) is 5.70. The molecule has 7 nitrogen and oxygen atoms in total. The lowest BCUT2D eigenvalue weighted by molar-refractivity contribution is -0.130. The first-order chi connectivity index (χ1) is 19.0. The van der Waals surface area contributed by atoms with E-state index in [1.54, 1.807) is 18.2 Å². The highest BCUT2D eigenvalue weighted by atomic mass is 16.6. The molecule has 204 valence electrons. The van der Waals surface area contributed by atoms with Crippen LogP contribution in [0.15, 0.2) is 72.8 Å². The summed E-state index contributed by atoms with van der Waals surface area (Å²) in [5.41, 5.74) is -0.144. The highest BCUT2D eigenvalue weighted by molar-refractivity contribution is 6.01. The number of carboxylic acid groups (broad SMARTS) is 1. The minimum absolute atomic E-state index is 0.00741. The maximum Gasteiger partial charge on any atom is 0.339 e. The molecule has 0 radical (unpaired) electrons. The predicted molar refractivity (Wildman–Crippen MR) is 150 cm³/mol. The van der Waals surface area contributed by atoms with Gasteiger partial charge in [0.25, 0.3) is 5.91 Å². The largest absolute Gasteiger partial charge is 0.478 e. The second-order valence-corrected chi connectivity index (χ2v) is 11.2. The number of ether oxygens (including phenoxy) is 1. The number of hydrogen-bond donors (Lipinski definition) is 3. The molecule has 2 aliphatic rings. The van der Waals surface area contributed by atoms with Crippen LogP contribution in [0.2, 0.25) is 0 Å². The lowest BCUT2D eigenvalue weighted by atomic mass is 9.75. The van der Waals surface area contributed by atoms with Crippen LogP contribution < -0.4 is 5.32 Å². The summed E-state index contributed by atoms with van der Waals surface area (Å²) < 4.78 is 5.77. The Bertz CT molecular complexity index is 1520. The van der Waals surface area contributed by atoms with Crippen molar-refractivity contribution < 1.29 is 29.3 Å². The lowest BCUT2D eigenvalue weighted by Crippen LogP contribution is -2.46. The van der Waals surface area contributed by atoms with E-state index in [2.05, 4.69) is 17.2 Å². The van der Waals surface area contributed by atoms with Crippen molar-refractivity contribution in [1.82, 2.24) is 0 Å². The second-order valence-electron chi connectivity index (χ2n) is 11.2. The third-order valence-electron chi connectivity index (χ3n) is 7.86. The third-order valence-corrected chi connectivity index (χ3v) is 7.86. The van der Waals surface area contributed by atoms with Crippen molar-refractivity contribution in [2.45, 2.75) is 62.6 Å². The van der Waals surface area contributed by atoms with Crippen LogP contribution in [0.4, 0.5) is 5.69 Å². The topological polar surface area (TPSA) is 113 Å². The Labute approximate surface area is 233 Å². The van der Waals surface area contributed by atoms with Crippen molar-refractivity contribution in [3.63, 3.8) is 0 Å². The van der Waals surface area contributed by atoms with Gasteiger partial charge in [-0.1, -0.05) is 56.0 Å². The van der Waals surface area contributed by atoms with Crippen molar-refractivity contribution in [2.75, 3.05) is 5.32 Å². The first-order valence-corrected chi connectivity index (χ1v) is 13.4. The first-order valence-electron chi connectivity index (χ1n) is 13.4. The molecule has 1 fully saturated rings. The van der Waals surface area contributed by atoms with Gasteiger partial charge in [-0.3, -0.25) is 4.79 Å². The number of carbonyl (C=O) groups is 3. The number of benzene rings is 3. The molecule has 1 heterocycles. The van der Waals surface area contributed by atoms with Gasteiger partial charge in [-0.05, 0) is 79.1 Å². The number of aliphatic hydroxyl groups is 1. The molecule has 0 bridgehead atoms. The van der Waals surface area contributed by atoms with E-state index in [1.165, 1.54) is 24.3 Å². The molecule has 1 spiro atoms. The van der Waals surface area contributed by atoms with Crippen LogP contribution in [0.3, 0.4) is 0 Å². The van der Waals surface area contributed by atoms with Gasteiger partial charge in [0.1, 0.15) is 5.60 Å². The zero-order valence-electron chi connectivity index (χ0n) is 22.5. The number of aromatic carboxylic acids is 1. The van der Waals surface area contributed by atoms with Gasteiger partial charge in [-0.25, -0.2) is 9.59 Å². The van der Waals surface area contributed by atoms with Gasteiger partial charge in [0.05, 0.1) is 11.1 Å². The molecule has 5 rings (SSSR count). The molecule has 7 heteroatoms. The summed E-state index contributed by atoms with van der Waals surface area (Å²) >= 11 is 0. The number of nitrogens with one attached hydrogen (secondary N) is 1. The maximum atomic E-state index is 13.7. The zero-order chi connectivity index (χ0) is 28.5. The first kappa shape index (κ1) is 27.2. The van der Waals surface area contributed by atoms with Crippen LogP contribution in [0.5, 0.6) is 0 Å². The number of carboxylic acids is 1. The number of amides is 1. The van der Waals surface area contributed by atoms with Crippen LogP contribution in [0.25, 0.3) is 0 Å². The average Bonchev–Trinajstić information content (AvgIpc) is 3.52. The van der Waals surface area contributed by atoms with Gasteiger partial charge in [0.15, 0.2) is 0 Å². The Hall–Kier alpha value is -4.41. The minimum Gasteiger partial charge on any atom is -0.478 e. The Balaban J connectivity index is 1.47. The molecule has 3 N–H and O–H groups in total. The van der Waals surface area contributed by atoms with Gasteiger partial charge in [-0.15, -0.1) is 0 Å². The van der Waals surface area contributed by atoms with Gasteiger partial charge < -0.3 is 20.3 Å². The van der Waals surface area contributed by atoms with Crippen molar-refractivity contribution in [1.29, 1.82) is 0 Å². The van der Waals surface area contributed by atoms with E-state index in [4.69, 9.17) is 9.84 Å². The standard InChI is InChI=1S/C33H31NO6/c1-31(2,24-8-4-3-5-9-24)21-32(39,19-16-22-10-12-23(13-11-22)28(35)36)30(38)34-25-14-15-26-27(20-25)33(40-29(26)37)17-6-7-18-33/h3-5,8-15,20,39H,6-7,17-18,21H2,1-2H3,(H,34,38)(H,35,36). The van der Waals surface area contributed by atoms with Crippen LogP contribution in [-0.2, 0) is 20.5 Å². The summed E-state index contributed by atoms with van der Waals surface area (Å²) in [6, 6.07) is 20.6. The summed E-state index contributed by atoms with van der Waals surface area (Å²) in [5.74, 6) is 3.54. The van der Waals surface area contributed by atoms with Gasteiger partial charge in [0, 0.05) is 23.2 Å². The average molecular weight is 538 g/mol. The molecule has 40 heavy (non-hydrogen) atoms. The highest BCUT2D eigenvalue weighted by Gasteiger charge is 2.47. The predicted octanol–water partition coefficient (Wildman–Crippen LogP) is 5.41. The van der Waals surface area contributed by atoms with E-state index in [1.807, 2.05) is 44.2 Å². The Morgan fingerprint density at radius 2 is 1.68 bits per heavy atom. The number of anilines is 1. The fraction of sp³-hybridized carbons (Fsp3) is 0.303. The van der Waals surface area contributed by atoms with Crippen LogP contribution >= 0.6 is 0 Å². The molecule has 0 aromatic heterocycles. The molecular formula is C33H31NO6. The van der Waals surface area contributed by atoms with E-state index in [0.29, 0.717) is 16.8 Å². The quantitative estimate of drug-likeness (QED) is 0.286. The summed E-state index contributed by atoms with van der Waals surface area (Å²) in [4.78, 5) is 37.4. The molecule has 1 aliphatic heterocycles. The van der Waals surface area contributed by atoms with E-state index in [0.717, 1.165) is 36.8 Å². The number of carbonyl (C=O) groups excluding carboxylic acids is 2. The summed E-state index contributed by atoms with van der Waals surface area (Å²) in [6.45, 7) is 3.87. The van der Waals surface area contributed by atoms with E-state index in [-0.39, 0.29) is 18.0 Å². The fourth-order valence-electron chi connectivity index (χ4n) is 5.70.